The number of nitrogens with zero attached hydrogens (tertiary/aromatic N) is 7. The topological polar surface area (TPSA) is 92.4 Å². The van der Waals surface area contributed by atoms with Crippen molar-refractivity contribution in [1.82, 2.24) is 25.0 Å². The van der Waals surface area contributed by atoms with E-state index in [9.17, 15) is 5.11 Å². The Morgan fingerprint density at radius 1 is 1.20 bits per heavy atom. The van der Waals surface area contributed by atoms with Crippen molar-refractivity contribution in [2.24, 2.45) is 0 Å². The zero-order chi connectivity index (χ0) is 17.1. The lowest BCUT2D eigenvalue weighted by atomic mass is 10.1. The summed E-state index contributed by atoms with van der Waals surface area (Å²) in [6.45, 7) is 4.82. The van der Waals surface area contributed by atoms with E-state index >= 15 is 0 Å². The molecular weight excluding hydrogens is 322 g/mol. The van der Waals surface area contributed by atoms with Gasteiger partial charge in [-0.25, -0.2) is 9.67 Å². The van der Waals surface area contributed by atoms with Gasteiger partial charge in [0, 0.05) is 32.4 Å². The van der Waals surface area contributed by atoms with Crippen molar-refractivity contribution < 1.29 is 9.84 Å². The fourth-order valence-corrected chi connectivity index (χ4v) is 3.37. The van der Waals surface area contributed by atoms with Gasteiger partial charge in [-0.2, -0.15) is 4.98 Å². The average molecular weight is 345 g/mol. The van der Waals surface area contributed by atoms with E-state index in [1.165, 1.54) is 0 Å². The maximum Gasteiger partial charge on any atom is 0.227 e. The summed E-state index contributed by atoms with van der Waals surface area (Å²) < 4.78 is 7.26. The number of aliphatic hydroxyl groups excluding tert-OH is 1. The quantitative estimate of drug-likeness (QED) is 0.842. The first-order chi connectivity index (χ1) is 12.3. The normalized spacial score (nSPS) is 21.6. The lowest BCUT2D eigenvalue weighted by Gasteiger charge is -2.34. The van der Waals surface area contributed by atoms with Crippen LogP contribution in [0, 0.1) is 0 Å². The van der Waals surface area contributed by atoms with E-state index in [0.29, 0.717) is 5.69 Å². The molecule has 2 aromatic heterocycles. The third kappa shape index (κ3) is 3.57. The Bertz CT molecular complexity index is 701. The van der Waals surface area contributed by atoms with Gasteiger partial charge in [0.2, 0.25) is 5.95 Å². The summed E-state index contributed by atoms with van der Waals surface area (Å²) in [5, 5.41) is 17.3. The van der Waals surface area contributed by atoms with Crippen molar-refractivity contribution in [2.45, 2.75) is 25.5 Å². The molecule has 0 aliphatic carbocycles. The fourth-order valence-electron chi connectivity index (χ4n) is 3.37. The zero-order valence-electron chi connectivity index (χ0n) is 14.2. The van der Waals surface area contributed by atoms with Crippen LogP contribution in [0.5, 0.6) is 0 Å². The van der Waals surface area contributed by atoms with Gasteiger partial charge in [0.1, 0.15) is 11.5 Å². The molecule has 2 saturated heterocycles. The van der Waals surface area contributed by atoms with Crippen LogP contribution in [0.1, 0.15) is 24.6 Å². The van der Waals surface area contributed by atoms with Crippen molar-refractivity contribution in [1.29, 1.82) is 0 Å². The van der Waals surface area contributed by atoms with Gasteiger partial charge in [-0.1, -0.05) is 5.21 Å². The molecule has 0 aromatic carbocycles. The lowest BCUT2D eigenvalue weighted by molar-refractivity contribution is 0.122. The van der Waals surface area contributed by atoms with Crippen molar-refractivity contribution in [3.63, 3.8) is 0 Å². The molecule has 25 heavy (non-hydrogen) atoms. The number of rotatable bonds is 4. The van der Waals surface area contributed by atoms with Crippen LogP contribution in [0.25, 0.3) is 0 Å². The molecule has 0 amide bonds. The Hall–Kier alpha value is -2.26. The second-order valence-electron chi connectivity index (χ2n) is 6.40. The number of hydrogen-bond donors (Lipinski definition) is 1. The van der Waals surface area contributed by atoms with Gasteiger partial charge in [0.05, 0.1) is 32.1 Å². The predicted molar refractivity (Wildman–Crippen MR) is 91.5 cm³/mol. The van der Waals surface area contributed by atoms with Crippen LogP contribution < -0.4 is 9.80 Å². The van der Waals surface area contributed by atoms with Gasteiger partial charge in [-0.05, 0) is 18.9 Å². The van der Waals surface area contributed by atoms with Crippen LogP contribution in [0.15, 0.2) is 18.5 Å². The highest BCUT2D eigenvalue weighted by molar-refractivity contribution is 5.44. The van der Waals surface area contributed by atoms with Crippen molar-refractivity contribution in [3.8, 4) is 0 Å². The van der Waals surface area contributed by atoms with Gasteiger partial charge in [-0.3, -0.25) is 0 Å². The molecule has 2 aliphatic rings. The minimum Gasteiger partial charge on any atom is -0.390 e. The molecule has 4 heterocycles. The number of piperidine rings is 1. The minimum absolute atomic E-state index is 0.0781. The Labute approximate surface area is 146 Å². The largest absolute Gasteiger partial charge is 0.390 e. The third-order valence-corrected chi connectivity index (χ3v) is 4.74. The Morgan fingerprint density at radius 3 is 2.88 bits per heavy atom. The zero-order valence-corrected chi connectivity index (χ0v) is 14.2. The molecule has 9 nitrogen and oxygen atoms in total. The summed E-state index contributed by atoms with van der Waals surface area (Å²) in [5.41, 5.74) is 0.605. The van der Waals surface area contributed by atoms with Crippen LogP contribution in [-0.2, 0) is 11.3 Å². The minimum atomic E-state index is -0.0781. The molecule has 2 fully saturated rings. The molecule has 1 N–H and O–H groups in total. The molecule has 0 saturated carbocycles. The molecule has 1 unspecified atom stereocenters. The first-order valence-corrected chi connectivity index (χ1v) is 8.76. The summed E-state index contributed by atoms with van der Waals surface area (Å²) in [5.74, 6) is 1.72. The number of morpholine rings is 1. The van der Waals surface area contributed by atoms with Gasteiger partial charge in [-0.15, -0.1) is 5.10 Å². The monoisotopic (exact) mass is 345 g/mol. The molecule has 0 bridgehead atoms. The van der Waals surface area contributed by atoms with E-state index in [1.807, 2.05) is 23.1 Å². The summed E-state index contributed by atoms with van der Waals surface area (Å²) in [7, 11) is 0. The summed E-state index contributed by atoms with van der Waals surface area (Å²) >= 11 is 0. The Morgan fingerprint density at radius 2 is 2.08 bits per heavy atom. The Kier molecular flexibility index (Phi) is 4.75. The summed E-state index contributed by atoms with van der Waals surface area (Å²) in [6.07, 6.45) is 5.77. The number of aromatic nitrogens is 5. The predicted octanol–water partition coefficient (Wildman–Crippen LogP) is 0.239. The highest BCUT2D eigenvalue weighted by atomic mass is 16.5. The summed E-state index contributed by atoms with van der Waals surface area (Å²) in [4.78, 5) is 13.6. The number of aliphatic hydroxyl groups is 1. The molecule has 2 aliphatic heterocycles. The third-order valence-electron chi connectivity index (χ3n) is 4.74. The SMILES string of the molecule is OCc1cn(C2CCCN(c3ccnc(N4CCOCC4)n3)C2)nn1. The van der Waals surface area contributed by atoms with Crippen molar-refractivity contribution >= 4 is 11.8 Å². The second kappa shape index (κ2) is 7.32. The van der Waals surface area contributed by atoms with E-state index in [4.69, 9.17) is 9.72 Å². The van der Waals surface area contributed by atoms with Gasteiger partial charge < -0.3 is 19.6 Å². The first-order valence-electron chi connectivity index (χ1n) is 8.76. The van der Waals surface area contributed by atoms with Crippen LogP contribution in [-0.4, -0.2) is 69.5 Å². The van der Waals surface area contributed by atoms with Crippen molar-refractivity contribution in [3.05, 3.63) is 24.2 Å². The molecule has 1 atom stereocenters. The average Bonchev–Trinajstić information content (AvgIpc) is 3.18. The van der Waals surface area contributed by atoms with Gasteiger partial charge in [0.25, 0.3) is 0 Å². The maximum atomic E-state index is 9.18. The van der Waals surface area contributed by atoms with Crippen LogP contribution in [0.4, 0.5) is 11.8 Å². The highest BCUT2D eigenvalue weighted by Gasteiger charge is 2.24. The van der Waals surface area contributed by atoms with Crippen LogP contribution >= 0.6 is 0 Å². The summed E-state index contributed by atoms with van der Waals surface area (Å²) in [6, 6.07) is 2.20. The number of anilines is 2. The van der Waals surface area contributed by atoms with E-state index in [-0.39, 0.29) is 12.6 Å². The van der Waals surface area contributed by atoms with E-state index < -0.39 is 0 Å². The second-order valence-corrected chi connectivity index (χ2v) is 6.40. The van der Waals surface area contributed by atoms with Crippen molar-refractivity contribution in [2.75, 3.05) is 49.2 Å². The first kappa shape index (κ1) is 16.2. The van der Waals surface area contributed by atoms with Crippen LogP contribution in [0.3, 0.4) is 0 Å². The van der Waals surface area contributed by atoms with Gasteiger partial charge >= 0.3 is 0 Å². The Balaban J connectivity index is 1.49. The molecule has 4 rings (SSSR count). The highest BCUT2D eigenvalue weighted by Crippen LogP contribution is 2.25. The van der Waals surface area contributed by atoms with E-state index in [2.05, 4.69) is 25.1 Å². The van der Waals surface area contributed by atoms with Gasteiger partial charge in [0.15, 0.2) is 0 Å². The number of ether oxygens (including phenoxy) is 1. The fraction of sp³-hybridized carbons (Fsp3) is 0.625. The van der Waals surface area contributed by atoms with E-state index in [0.717, 1.165) is 64.0 Å². The lowest BCUT2D eigenvalue weighted by Crippen LogP contribution is -2.39. The van der Waals surface area contributed by atoms with E-state index in [1.54, 1.807) is 0 Å². The standard InChI is InChI=1S/C16H23N7O2/c24-12-13-10-23(20-19-13)14-2-1-5-22(11-14)15-3-4-17-16(18-15)21-6-8-25-9-7-21/h3-4,10,14,24H,1-2,5-9,11-12H2. The maximum absolute atomic E-state index is 9.18. The van der Waals surface area contributed by atoms with Crippen LogP contribution in [0.2, 0.25) is 0 Å². The molecule has 9 heteroatoms. The molecule has 0 radical (unpaired) electrons. The molecule has 2 aromatic rings. The number of hydrogen-bond acceptors (Lipinski definition) is 8. The smallest absolute Gasteiger partial charge is 0.227 e. The molecule has 134 valence electrons. The molecule has 0 spiro atoms. The molecular formula is C16H23N7O2.